The molecule has 1 heterocycles. The Kier molecular flexibility index (Phi) is 4.00. The summed E-state index contributed by atoms with van der Waals surface area (Å²) < 4.78 is 29.7. The molecule has 0 spiro atoms. The lowest BCUT2D eigenvalue weighted by atomic mass is 10.1. The van der Waals surface area contributed by atoms with Gasteiger partial charge in [0, 0.05) is 24.0 Å². The fourth-order valence-corrected chi connectivity index (χ4v) is 1.98. The number of alkyl halides is 2. The van der Waals surface area contributed by atoms with Crippen LogP contribution in [0, 0.1) is 0 Å². The van der Waals surface area contributed by atoms with Crippen LogP contribution in [0.2, 0.25) is 0 Å². The molecule has 2 nitrogen and oxygen atoms in total. The van der Waals surface area contributed by atoms with Crippen molar-refractivity contribution in [3.8, 4) is 0 Å². The Morgan fingerprint density at radius 3 is 2.53 bits per heavy atom. The van der Waals surface area contributed by atoms with Gasteiger partial charge in [0.15, 0.2) is 0 Å². The van der Waals surface area contributed by atoms with Crippen molar-refractivity contribution in [1.29, 1.82) is 0 Å². The van der Waals surface area contributed by atoms with Gasteiger partial charge in [-0.05, 0) is 25.6 Å². The van der Waals surface area contributed by atoms with Crippen LogP contribution < -0.4 is 5.32 Å². The van der Waals surface area contributed by atoms with E-state index in [0.717, 1.165) is 5.56 Å². The van der Waals surface area contributed by atoms with E-state index >= 15 is 0 Å². The molecule has 2 aromatic rings. The first-order chi connectivity index (χ1) is 9.03. The number of hydrogen-bond donors (Lipinski definition) is 1. The molecule has 1 atom stereocenters. The maximum atomic E-state index is 14.1. The second kappa shape index (κ2) is 5.53. The third kappa shape index (κ3) is 3.20. The predicted molar refractivity (Wildman–Crippen MR) is 72.2 cm³/mol. The van der Waals surface area contributed by atoms with Crippen molar-refractivity contribution < 1.29 is 8.78 Å². The molecule has 1 unspecified atom stereocenters. The lowest BCUT2D eigenvalue weighted by Gasteiger charge is -2.17. The zero-order chi connectivity index (χ0) is 13.9. The smallest absolute Gasteiger partial charge is 0.290 e. The summed E-state index contributed by atoms with van der Waals surface area (Å²) in [5.41, 5.74) is 1.05. The molecular weight excluding hydrogens is 246 g/mol. The summed E-state index contributed by atoms with van der Waals surface area (Å²) in [6.07, 6.45) is 3.46. The first kappa shape index (κ1) is 13.7. The van der Waals surface area contributed by atoms with Crippen LogP contribution >= 0.6 is 0 Å². The van der Waals surface area contributed by atoms with Gasteiger partial charge >= 0.3 is 0 Å². The summed E-state index contributed by atoms with van der Waals surface area (Å²) in [4.78, 5) is 0. The number of nitrogens with zero attached hydrogens (tertiary/aromatic N) is 1. The number of aromatic nitrogens is 1. The van der Waals surface area contributed by atoms with E-state index in [4.69, 9.17) is 0 Å². The zero-order valence-corrected chi connectivity index (χ0v) is 11.1. The first-order valence-electron chi connectivity index (χ1n) is 6.29. The van der Waals surface area contributed by atoms with Gasteiger partial charge in [-0.25, -0.2) is 0 Å². The minimum atomic E-state index is -2.86. The van der Waals surface area contributed by atoms with Crippen LogP contribution in [0.25, 0.3) is 0 Å². The Labute approximate surface area is 112 Å². The van der Waals surface area contributed by atoms with Gasteiger partial charge in [-0.3, -0.25) is 0 Å². The standard InChI is InChI=1S/C15H18F2N2/c1-12(18-2)13-8-9-19(10-13)11-15(16,17)14-6-4-3-5-7-14/h3-10,12,18H,11H2,1-2H3. The Morgan fingerprint density at radius 1 is 1.21 bits per heavy atom. The van der Waals surface area contributed by atoms with Crippen LogP contribution in [-0.2, 0) is 12.5 Å². The van der Waals surface area contributed by atoms with E-state index in [9.17, 15) is 8.78 Å². The number of halogens is 2. The monoisotopic (exact) mass is 264 g/mol. The van der Waals surface area contributed by atoms with Crippen molar-refractivity contribution in [2.75, 3.05) is 7.05 Å². The highest BCUT2D eigenvalue weighted by Crippen LogP contribution is 2.30. The molecule has 0 radical (unpaired) electrons. The van der Waals surface area contributed by atoms with E-state index in [1.165, 1.54) is 16.7 Å². The van der Waals surface area contributed by atoms with Crippen LogP contribution in [0.5, 0.6) is 0 Å². The van der Waals surface area contributed by atoms with Crippen molar-refractivity contribution in [3.63, 3.8) is 0 Å². The number of nitrogens with one attached hydrogen (secondary N) is 1. The van der Waals surface area contributed by atoms with E-state index in [-0.39, 0.29) is 18.2 Å². The van der Waals surface area contributed by atoms with Crippen molar-refractivity contribution in [2.45, 2.75) is 25.4 Å². The molecule has 0 aliphatic rings. The number of rotatable bonds is 5. The summed E-state index contributed by atoms with van der Waals surface area (Å²) >= 11 is 0. The molecular formula is C15H18F2N2. The molecule has 1 N–H and O–H groups in total. The molecule has 0 aliphatic carbocycles. The van der Waals surface area contributed by atoms with Gasteiger partial charge in [-0.1, -0.05) is 30.3 Å². The summed E-state index contributed by atoms with van der Waals surface area (Å²) in [5, 5.41) is 3.09. The Balaban J connectivity index is 2.14. The van der Waals surface area contributed by atoms with Gasteiger partial charge in [-0.15, -0.1) is 0 Å². The lowest BCUT2D eigenvalue weighted by molar-refractivity contribution is -0.0221. The molecule has 0 bridgehead atoms. The molecule has 0 aliphatic heterocycles. The SMILES string of the molecule is CNC(C)c1ccn(CC(F)(F)c2ccccc2)c1. The number of benzene rings is 1. The maximum Gasteiger partial charge on any atom is 0.290 e. The largest absolute Gasteiger partial charge is 0.348 e. The summed E-state index contributed by atoms with van der Waals surface area (Å²) in [7, 11) is 1.85. The van der Waals surface area contributed by atoms with Gasteiger partial charge in [-0.2, -0.15) is 8.78 Å². The summed E-state index contributed by atoms with van der Waals surface area (Å²) in [6.45, 7) is 1.66. The molecule has 0 saturated carbocycles. The number of hydrogen-bond acceptors (Lipinski definition) is 1. The normalized spacial score (nSPS) is 13.5. The second-order valence-corrected chi connectivity index (χ2v) is 4.70. The fourth-order valence-electron chi connectivity index (χ4n) is 1.98. The van der Waals surface area contributed by atoms with E-state index in [2.05, 4.69) is 5.32 Å². The van der Waals surface area contributed by atoms with Crippen LogP contribution in [0.4, 0.5) is 8.78 Å². The van der Waals surface area contributed by atoms with Gasteiger partial charge in [0.2, 0.25) is 0 Å². The van der Waals surface area contributed by atoms with E-state index < -0.39 is 5.92 Å². The Bertz CT molecular complexity index is 520. The minimum absolute atomic E-state index is 0.0481. The molecule has 19 heavy (non-hydrogen) atoms. The molecule has 1 aromatic heterocycles. The minimum Gasteiger partial charge on any atom is -0.348 e. The highest BCUT2D eigenvalue weighted by Gasteiger charge is 2.31. The predicted octanol–water partition coefficient (Wildman–Crippen LogP) is 3.56. The third-order valence-corrected chi connectivity index (χ3v) is 3.28. The second-order valence-electron chi connectivity index (χ2n) is 4.70. The molecule has 0 fully saturated rings. The topological polar surface area (TPSA) is 17.0 Å². The molecule has 0 amide bonds. The molecule has 0 saturated heterocycles. The highest BCUT2D eigenvalue weighted by atomic mass is 19.3. The maximum absolute atomic E-state index is 14.1. The van der Waals surface area contributed by atoms with Crippen LogP contribution in [-0.4, -0.2) is 11.6 Å². The van der Waals surface area contributed by atoms with Gasteiger partial charge < -0.3 is 9.88 Å². The van der Waals surface area contributed by atoms with Crippen molar-refractivity contribution in [3.05, 3.63) is 59.9 Å². The average Bonchev–Trinajstić information content (AvgIpc) is 2.86. The Hall–Kier alpha value is -1.68. The average molecular weight is 264 g/mol. The first-order valence-corrected chi connectivity index (χ1v) is 6.29. The molecule has 1 aromatic carbocycles. The zero-order valence-electron chi connectivity index (χ0n) is 11.1. The van der Waals surface area contributed by atoms with Gasteiger partial charge in [0.05, 0.1) is 6.54 Å². The van der Waals surface area contributed by atoms with E-state index in [1.54, 1.807) is 30.6 Å². The summed E-state index contributed by atoms with van der Waals surface area (Å²) in [6, 6.07) is 9.94. The van der Waals surface area contributed by atoms with E-state index in [1.807, 2.05) is 20.0 Å². The van der Waals surface area contributed by atoms with Crippen molar-refractivity contribution >= 4 is 0 Å². The third-order valence-electron chi connectivity index (χ3n) is 3.28. The molecule has 102 valence electrons. The van der Waals surface area contributed by atoms with E-state index in [0.29, 0.717) is 0 Å². The van der Waals surface area contributed by atoms with Crippen molar-refractivity contribution in [2.24, 2.45) is 0 Å². The van der Waals surface area contributed by atoms with Crippen LogP contribution in [0.3, 0.4) is 0 Å². The lowest BCUT2D eigenvalue weighted by Crippen LogP contribution is -2.20. The van der Waals surface area contributed by atoms with Crippen LogP contribution in [0.1, 0.15) is 24.1 Å². The molecule has 4 heteroatoms. The fraction of sp³-hybridized carbons (Fsp3) is 0.333. The quantitative estimate of drug-likeness (QED) is 0.873. The molecule has 2 rings (SSSR count). The van der Waals surface area contributed by atoms with Crippen molar-refractivity contribution in [1.82, 2.24) is 9.88 Å². The van der Waals surface area contributed by atoms with Gasteiger partial charge in [0.1, 0.15) is 0 Å². The highest BCUT2D eigenvalue weighted by molar-refractivity contribution is 5.21. The summed E-state index contributed by atoms with van der Waals surface area (Å²) in [5.74, 6) is -2.86. The Morgan fingerprint density at radius 2 is 1.89 bits per heavy atom. The van der Waals surface area contributed by atoms with Crippen LogP contribution in [0.15, 0.2) is 48.8 Å². The van der Waals surface area contributed by atoms with Gasteiger partial charge in [0.25, 0.3) is 5.92 Å².